The van der Waals surface area contributed by atoms with Gasteiger partial charge in [0.1, 0.15) is 5.75 Å². The second-order valence-corrected chi connectivity index (χ2v) is 6.26. The number of nitrogens with zero attached hydrogens (tertiary/aromatic N) is 1. The summed E-state index contributed by atoms with van der Waals surface area (Å²) in [5.74, 6) is 0.913. The molecule has 0 saturated carbocycles. The van der Waals surface area contributed by atoms with E-state index in [0.717, 1.165) is 33.2 Å². The largest absolute Gasteiger partial charge is 0.495 e. The smallest absolute Gasteiger partial charge is 0.134 e. The highest BCUT2D eigenvalue weighted by Gasteiger charge is 2.13. The summed E-state index contributed by atoms with van der Waals surface area (Å²) in [7, 11) is 1.73. The van der Waals surface area contributed by atoms with E-state index in [4.69, 9.17) is 4.74 Å². The molecular formula is C22H19NO. The Morgan fingerprint density at radius 1 is 0.792 bits per heavy atom. The van der Waals surface area contributed by atoms with E-state index in [0.29, 0.717) is 0 Å². The van der Waals surface area contributed by atoms with Crippen LogP contribution in [0.3, 0.4) is 0 Å². The number of benzene rings is 3. The molecule has 0 fully saturated rings. The Balaban J connectivity index is 2.12. The SMILES string of the molecule is COc1c2ccccc2cc2c(-c3cc(C)cc(C)c3)nccc12. The van der Waals surface area contributed by atoms with E-state index >= 15 is 0 Å². The minimum absolute atomic E-state index is 0.913. The lowest BCUT2D eigenvalue weighted by atomic mass is 9.97. The van der Waals surface area contributed by atoms with Crippen LogP contribution in [0.5, 0.6) is 5.75 Å². The number of ether oxygens (including phenoxy) is 1. The van der Waals surface area contributed by atoms with Gasteiger partial charge in [0.2, 0.25) is 0 Å². The topological polar surface area (TPSA) is 22.1 Å². The molecule has 0 unspecified atom stereocenters. The zero-order valence-electron chi connectivity index (χ0n) is 14.1. The number of pyridine rings is 1. The average molecular weight is 313 g/mol. The highest BCUT2D eigenvalue weighted by molar-refractivity contribution is 6.09. The van der Waals surface area contributed by atoms with Crippen LogP contribution >= 0.6 is 0 Å². The normalized spacial score (nSPS) is 11.1. The van der Waals surface area contributed by atoms with Crippen molar-refractivity contribution >= 4 is 21.5 Å². The third-order valence-corrected chi connectivity index (χ3v) is 4.44. The quantitative estimate of drug-likeness (QED) is 0.444. The minimum atomic E-state index is 0.913. The maximum absolute atomic E-state index is 5.75. The number of fused-ring (bicyclic) bond motifs is 2. The molecule has 4 aromatic rings. The first-order valence-corrected chi connectivity index (χ1v) is 8.10. The molecule has 1 heterocycles. The predicted octanol–water partition coefficient (Wildman–Crippen LogP) is 5.68. The maximum atomic E-state index is 5.75. The van der Waals surface area contributed by atoms with Gasteiger partial charge in [0.15, 0.2) is 0 Å². The molecule has 0 aliphatic carbocycles. The highest BCUT2D eigenvalue weighted by Crippen LogP contribution is 2.38. The van der Waals surface area contributed by atoms with Gasteiger partial charge < -0.3 is 4.74 Å². The van der Waals surface area contributed by atoms with Crippen LogP contribution < -0.4 is 4.74 Å². The van der Waals surface area contributed by atoms with Gasteiger partial charge >= 0.3 is 0 Å². The summed E-state index contributed by atoms with van der Waals surface area (Å²) in [5.41, 5.74) is 4.65. The molecule has 0 saturated heterocycles. The van der Waals surface area contributed by atoms with Crippen molar-refractivity contribution in [1.29, 1.82) is 0 Å². The molecule has 0 atom stereocenters. The van der Waals surface area contributed by atoms with E-state index in [-0.39, 0.29) is 0 Å². The number of rotatable bonds is 2. The number of hydrogen-bond acceptors (Lipinski definition) is 2. The molecule has 4 rings (SSSR count). The Morgan fingerprint density at radius 2 is 1.54 bits per heavy atom. The summed E-state index contributed by atoms with van der Waals surface area (Å²) in [4.78, 5) is 4.69. The van der Waals surface area contributed by atoms with Crippen LogP contribution in [-0.4, -0.2) is 12.1 Å². The van der Waals surface area contributed by atoms with E-state index in [9.17, 15) is 0 Å². The molecule has 2 heteroatoms. The Kier molecular flexibility index (Phi) is 3.46. The summed E-state index contributed by atoms with van der Waals surface area (Å²) < 4.78 is 5.75. The average Bonchev–Trinajstić information content (AvgIpc) is 2.58. The van der Waals surface area contributed by atoms with Crippen molar-refractivity contribution in [3.8, 4) is 17.0 Å². The molecule has 0 radical (unpaired) electrons. The molecule has 2 nitrogen and oxygen atoms in total. The van der Waals surface area contributed by atoms with Crippen molar-refractivity contribution in [3.63, 3.8) is 0 Å². The molecular weight excluding hydrogens is 294 g/mol. The van der Waals surface area contributed by atoms with Gasteiger partial charge in [-0.15, -0.1) is 0 Å². The zero-order valence-corrected chi connectivity index (χ0v) is 14.1. The molecule has 0 bridgehead atoms. The lowest BCUT2D eigenvalue weighted by molar-refractivity contribution is 0.424. The van der Waals surface area contributed by atoms with Crippen molar-refractivity contribution in [2.75, 3.05) is 7.11 Å². The van der Waals surface area contributed by atoms with Crippen molar-refractivity contribution < 1.29 is 4.74 Å². The van der Waals surface area contributed by atoms with E-state index in [1.54, 1.807) is 7.11 Å². The lowest BCUT2D eigenvalue weighted by Crippen LogP contribution is -1.92. The zero-order chi connectivity index (χ0) is 16.7. The molecule has 1 aromatic heterocycles. The summed E-state index contributed by atoms with van der Waals surface area (Å²) in [6, 6.07) is 19.1. The van der Waals surface area contributed by atoms with Gasteiger partial charge in [-0.05, 0) is 43.5 Å². The number of aryl methyl sites for hydroxylation is 2. The highest BCUT2D eigenvalue weighted by atomic mass is 16.5. The molecule has 0 amide bonds. The van der Waals surface area contributed by atoms with Crippen LogP contribution in [0, 0.1) is 13.8 Å². The third kappa shape index (κ3) is 2.31. The summed E-state index contributed by atoms with van der Waals surface area (Å²) in [5, 5.41) is 4.52. The van der Waals surface area contributed by atoms with Gasteiger partial charge in [0.25, 0.3) is 0 Å². The Labute approximate surface area is 141 Å². The van der Waals surface area contributed by atoms with Crippen LogP contribution in [0.25, 0.3) is 32.8 Å². The summed E-state index contributed by atoms with van der Waals surface area (Å²) >= 11 is 0. The maximum Gasteiger partial charge on any atom is 0.134 e. The number of aromatic nitrogens is 1. The monoisotopic (exact) mass is 313 g/mol. The first-order chi connectivity index (χ1) is 11.7. The number of methoxy groups -OCH3 is 1. The van der Waals surface area contributed by atoms with Crippen LogP contribution in [0.1, 0.15) is 11.1 Å². The van der Waals surface area contributed by atoms with E-state index < -0.39 is 0 Å². The summed E-state index contributed by atoms with van der Waals surface area (Å²) in [6.45, 7) is 4.25. The Morgan fingerprint density at radius 3 is 2.29 bits per heavy atom. The van der Waals surface area contributed by atoms with Crippen molar-refractivity contribution in [1.82, 2.24) is 4.98 Å². The van der Waals surface area contributed by atoms with E-state index in [1.165, 1.54) is 16.5 Å². The summed E-state index contributed by atoms with van der Waals surface area (Å²) in [6.07, 6.45) is 1.87. The van der Waals surface area contributed by atoms with Crippen LogP contribution in [0.2, 0.25) is 0 Å². The van der Waals surface area contributed by atoms with Gasteiger partial charge in [-0.25, -0.2) is 0 Å². The van der Waals surface area contributed by atoms with E-state index in [1.807, 2.05) is 18.3 Å². The number of hydrogen-bond donors (Lipinski definition) is 0. The van der Waals surface area contributed by atoms with Crippen molar-refractivity contribution in [2.45, 2.75) is 13.8 Å². The molecule has 0 aliphatic rings. The first kappa shape index (κ1) is 14.7. The van der Waals surface area contributed by atoms with Crippen molar-refractivity contribution in [2.24, 2.45) is 0 Å². The van der Waals surface area contributed by atoms with Crippen LogP contribution in [0.15, 0.2) is 60.8 Å². The molecule has 118 valence electrons. The van der Waals surface area contributed by atoms with Crippen molar-refractivity contribution in [3.05, 3.63) is 71.9 Å². The Hall–Kier alpha value is -2.87. The van der Waals surface area contributed by atoms with Gasteiger partial charge in [-0.1, -0.05) is 41.5 Å². The van der Waals surface area contributed by atoms with Crippen LogP contribution in [0.4, 0.5) is 0 Å². The second kappa shape index (κ2) is 5.64. The minimum Gasteiger partial charge on any atom is -0.495 e. The van der Waals surface area contributed by atoms with Crippen LogP contribution in [-0.2, 0) is 0 Å². The molecule has 24 heavy (non-hydrogen) atoms. The second-order valence-electron chi connectivity index (χ2n) is 6.26. The standard InChI is InChI=1S/C22H19NO/c1-14-10-15(2)12-17(11-14)21-20-13-16-6-4-5-7-18(16)22(24-3)19(20)8-9-23-21/h4-13H,1-3H3. The fraction of sp³-hybridized carbons (Fsp3) is 0.136. The molecule has 3 aromatic carbocycles. The van der Waals surface area contributed by atoms with Gasteiger partial charge in [-0.2, -0.15) is 0 Å². The van der Waals surface area contributed by atoms with Gasteiger partial charge in [0.05, 0.1) is 12.8 Å². The lowest BCUT2D eigenvalue weighted by Gasteiger charge is -2.13. The molecule has 0 spiro atoms. The van der Waals surface area contributed by atoms with E-state index in [2.05, 4.69) is 61.3 Å². The first-order valence-electron chi connectivity index (χ1n) is 8.10. The predicted molar refractivity (Wildman–Crippen MR) is 101 cm³/mol. The molecule has 0 aliphatic heterocycles. The fourth-order valence-electron chi connectivity index (χ4n) is 3.51. The molecule has 0 N–H and O–H groups in total. The van der Waals surface area contributed by atoms with Gasteiger partial charge in [0, 0.05) is 27.9 Å². The fourth-order valence-corrected chi connectivity index (χ4v) is 3.51. The van der Waals surface area contributed by atoms with Gasteiger partial charge in [-0.3, -0.25) is 4.98 Å². The third-order valence-electron chi connectivity index (χ3n) is 4.44. The Bertz CT molecular complexity index is 1050.